The predicted octanol–water partition coefficient (Wildman–Crippen LogP) is 5.23. The average molecular weight is 528 g/mol. The van der Waals surface area contributed by atoms with Gasteiger partial charge in [-0.05, 0) is 60.9 Å². The van der Waals surface area contributed by atoms with Gasteiger partial charge in [0.1, 0.15) is 18.9 Å². The Balaban J connectivity index is 1.51. The Kier molecular flexibility index (Phi) is 8.55. The van der Waals surface area contributed by atoms with Crippen molar-refractivity contribution in [1.82, 2.24) is 5.43 Å². The third kappa shape index (κ3) is 6.66. The molecule has 1 amide bonds. The van der Waals surface area contributed by atoms with Gasteiger partial charge in [0, 0.05) is 5.56 Å². The number of ether oxygens (including phenoxy) is 1. The van der Waals surface area contributed by atoms with Crippen LogP contribution in [0.25, 0.3) is 0 Å². The van der Waals surface area contributed by atoms with E-state index in [0.29, 0.717) is 23.6 Å². The normalized spacial score (nSPS) is 11.3. The number of anilines is 1. The summed E-state index contributed by atoms with van der Waals surface area (Å²) in [6, 6.07) is 30.7. The van der Waals surface area contributed by atoms with Crippen molar-refractivity contribution in [3.63, 3.8) is 0 Å². The second-order valence-corrected chi connectivity index (χ2v) is 10.6. The van der Waals surface area contributed by atoms with E-state index in [9.17, 15) is 13.2 Å². The molecule has 38 heavy (non-hydrogen) atoms. The molecule has 1 N–H and O–H groups in total. The van der Waals surface area contributed by atoms with E-state index in [1.54, 1.807) is 24.3 Å². The first kappa shape index (κ1) is 26.6. The lowest BCUT2D eigenvalue weighted by Crippen LogP contribution is -2.40. The van der Waals surface area contributed by atoms with Gasteiger partial charge in [-0.25, -0.2) is 13.8 Å². The number of carbonyl (C=O) groups excluding carboxylic acids is 1. The van der Waals surface area contributed by atoms with Gasteiger partial charge in [0.25, 0.3) is 15.9 Å². The van der Waals surface area contributed by atoms with Gasteiger partial charge in [-0.15, -0.1) is 0 Å². The summed E-state index contributed by atoms with van der Waals surface area (Å²) >= 11 is 0. The number of hydrogen-bond donors (Lipinski definition) is 1. The molecule has 0 radical (unpaired) electrons. The van der Waals surface area contributed by atoms with Crippen LogP contribution in [-0.2, 0) is 21.4 Å². The third-order valence-corrected chi connectivity index (χ3v) is 7.57. The maximum absolute atomic E-state index is 13.6. The number of carbonyl (C=O) groups is 1. The third-order valence-electron chi connectivity index (χ3n) is 5.80. The summed E-state index contributed by atoms with van der Waals surface area (Å²) in [5.41, 5.74) is 6.21. The van der Waals surface area contributed by atoms with Crippen molar-refractivity contribution in [3.05, 3.63) is 125 Å². The molecule has 7 nitrogen and oxygen atoms in total. The van der Waals surface area contributed by atoms with Crippen LogP contribution in [0.1, 0.15) is 22.3 Å². The van der Waals surface area contributed by atoms with Crippen molar-refractivity contribution in [2.24, 2.45) is 5.10 Å². The summed E-state index contributed by atoms with van der Waals surface area (Å²) in [5, 5.41) is 4.07. The Morgan fingerprint density at radius 2 is 1.55 bits per heavy atom. The minimum atomic E-state index is -4.01. The van der Waals surface area contributed by atoms with E-state index in [-0.39, 0.29) is 4.90 Å². The van der Waals surface area contributed by atoms with Crippen LogP contribution in [0.5, 0.6) is 5.75 Å². The maximum atomic E-state index is 13.6. The highest BCUT2D eigenvalue weighted by molar-refractivity contribution is 7.92. The topological polar surface area (TPSA) is 88.1 Å². The Hall–Kier alpha value is -4.43. The van der Waals surface area contributed by atoms with Crippen molar-refractivity contribution in [1.29, 1.82) is 0 Å². The van der Waals surface area contributed by atoms with Crippen molar-refractivity contribution < 1.29 is 17.9 Å². The van der Waals surface area contributed by atoms with E-state index in [4.69, 9.17) is 4.74 Å². The van der Waals surface area contributed by atoms with Gasteiger partial charge < -0.3 is 4.74 Å². The number of aryl methyl sites for hydroxylation is 2. The Morgan fingerprint density at radius 3 is 2.29 bits per heavy atom. The molecule has 0 unspecified atom stereocenters. The Bertz CT molecular complexity index is 1520. The summed E-state index contributed by atoms with van der Waals surface area (Å²) in [6.07, 6.45) is 1.48. The highest BCUT2D eigenvalue weighted by atomic mass is 32.2. The van der Waals surface area contributed by atoms with E-state index in [1.165, 1.54) is 18.3 Å². The van der Waals surface area contributed by atoms with Crippen LogP contribution in [-0.4, -0.2) is 27.1 Å². The van der Waals surface area contributed by atoms with E-state index < -0.39 is 22.5 Å². The van der Waals surface area contributed by atoms with Crippen molar-refractivity contribution >= 4 is 27.8 Å². The quantitative estimate of drug-likeness (QED) is 0.226. The van der Waals surface area contributed by atoms with Crippen LogP contribution in [0.4, 0.5) is 5.69 Å². The highest BCUT2D eigenvalue weighted by Gasteiger charge is 2.28. The average Bonchev–Trinajstić information content (AvgIpc) is 2.93. The molecule has 194 valence electrons. The first-order valence-corrected chi connectivity index (χ1v) is 13.5. The summed E-state index contributed by atoms with van der Waals surface area (Å²) < 4.78 is 34.2. The number of nitrogens with one attached hydrogen (secondary N) is 1. The molecule has 0 saturated heterocycles. The number of benzene rings is 4. The van der Waals surface area contributed by atoms with Gasteiger partial charge in [-0.3, -0.25) is 9.10 Å². The van der Waals surface area contributed by atoms with Crippen molar-refractivity contribution in [3.8, 4) is 5.75 Å². The van der Waals surface area contributed by atoms with Crippen LogP contribution in [0, 0.1) is 13.8 Å². The molecular weight excluding hydrogens is 498 g/mol. The number of hydrazone groups is 1. The zero-order valence-electron chi connectivity index (χ0n) is 21.2. The number of rotatable bonds is 10. The second-order valence-electron chi connectivity index (χ2n) is 8.72. The molecule has 0 heterocycles. The van der Waals surface area contributed by atoms with Crippen LogP contribution in [0.15, 0.2) is 113 Å². The van der Waals surface area contributed by atoms with E-state index >= 15 is 0 Å². The molecular formula is C30H29N3O4S. The minimum absolute atomic E-state index is 0.0988. The van der Waals surface area contributed by atoms with Crippen LogP contribution in [0.2, 0.25) is 0 Å². The zero-order valence-corrected chi connectivity index (χ0v) is 22.1. The monoisotopic (exact) mass is 527 g/mol. The van der Waals surface area contributed by atoms with Crippen molar-refractivity contribution in [2.75, 3.05) is 10.8 Å². The predicted molar refractivity (Wildman–Crippen MR) is 150 cm³/mol. The summed E-state index contributed by atoms with van der Waals surface area (Å²) in [5.74, 6) is 0.0300. The fourth-order valence-corrected chi connectivity index (χ4v) is 5.30. The van der Waals surface area contributed by atoms with Gasteiger partial charge >= 0.3 is 0 Å². The summed E-state index contributed by atoms with van der Waals surface area (Å²) in [7, 11) is -4.01. The lowest BCUT2D eigenvalue weighted by atomic mass is 10.1. The molecule has 0 aromatic heterocycles. The SMILES string of the molecule is Cc1ccc(C)c(N(CC(=O)N/N=C/c2ccccc2OCc2ccccc2)S(=O)(=O)c2ccccc2)c1. The molecule has 0 aliphatic carbocycles. The molecule has 4 aromatic carbocycles. The Labute approximate surface area is 223 Å². The second kappa shape index (κ2) is 12.2. The molecule has 8 heteroatoms. The van der Waals surface area contributed by atoms with E-state index in [2.05, 4.69) is 10.5 Å². The summed E-state index contributed by atoms with van der Waals surface area (Å²) in [6.45, 7) is 3.63. The molecule has 4 rings (SSSR count). The number of amides is 1. The van der Waals surface area contributed by atoms with Crippen LogP contribution in [0.3, 0.4) is 0 Å². The van der Waals surface area contributed by atoms with Gasteiger partial charge in [0.2, 0.25) is 0 Å². The number of hydrogen-bond acceptors (Lipinski definition) is 5. The van der Waals surface area contributed by atoms with Crippen LogP contribution >= 0.6 is 0 Å². The van der Waals surface area contributed by atoms with Gasteiger partial charge in [0.05, 0.1) is 16.8 Å². The van der Waals surface area contributed by atoms with Gasteiger partial charge in [-0.2, -0.15) is 5.10 Å². The lowest BCUT2D eigenvalue weighted by Gasteiger charge is -2.25. The van der Waals surface area contributed by atoms with Crippen molar-refractivity contribution in [2.45, 2.75) is 25.3 Å². The molecule has 0 aliphatic rings. The molecule has 0 fully saturated rings. The molecule has 0 aliphatic heterocycles. The zero-order chi connectivity index (χ0) is 27.0. The fraction of sp³-hybridized carbons (Fsp3) is 0.133. The van der Waals surface area contributed by atoms with Gasteiger partial charge in [-0.1, -0.05) is 72.8 Å². The summed E-state index contributed by atoms with van der Waals surface area (Å²) in [4.78, 5) is 13.0. The first-order valence-electron chi connectivity index (χ1n) is 12.1. The standard InChI is InChI=1S/C30H29N3O4S/c1-23-17-18-24(2)28(19-23)33(38(35,36)27-14-7-4-8-15-27)21-30(34)32-31-20-26-13-9-10-16-29(26)37-22-25-11-5-3-6-12-25/h3-20H,21-22H2,1-2H3,(H,32,34)/b31-20+. The van der Waals surface area contributed by atoms with E-state index in [1.807, 2.05) is 80.6 Å². The largest absolute Gasteiger partial charge is 0.488 e. The first-order chi connectivity index (χ1) is 18.3. The molecule has 0 atom stereocenters. The molecule has 0 spiro atoms. The number of nitrogens with zero attached hydrogens (tertiary/aromatic N) is 2. The maximum Gasteiger partial charge on any atom is 0.264 e. The lowest BCUT2D eigenvalue weighted by molar-refractivity contribution is -0.119. The number of sulfonamides is 1. The smallest absolute Gasteiger partial charge is 0.264 e. The fourth-order valence-electron chi connectivity index (χ4n) is 3.80. The van der Waals surface area contributed by atoms with Gasteiger partial charge in [0.15, 0.2) is 0 Å². The minimum Gasteiger partial charge on any atom is -0.488 e. The van der Waals surface area contributed by atoms with Crippen LogP contribution < -0.4 is 14.5 Å². The highest BCUT2D eigenvalue weighted by Crippen LogP contribution is 2.27. The van der Waals surface area contributed by atoms with E-state index in [0.717, 1.165) is 21.0 Å². The number of para-hydroxylation sites is 1. The molecule has 0 bridgehead atoms. The molecule has 0 saturated carbocycles. The molecule has 4 aromatic rings. The Morgan fingerprint density at radius 1 is 0.895 bits per heavy atom.